The number of likely N-dealkylation sites (N-methyl/N-ethyl adjacent to an activating group) is 1. The number of aryl methyl sites for hydroxylation is 1. The van der Waals surface area contributed by atoms with Gasteiger partial charge in [0.25, 0.3) is 0 Å². The number of carboxylic acid groups (broad SMARTS) is 1. The van der Waals surface area contributed by atoms with Crippen LogP contribution in [0.15, 0.2) is 24.3 Å². The van der Waals surface area contributed by atoms with E-state index >= 15 is 0 Å². The normalized spacial score (nSPS) is 18.7. The van der Waals surface area contributed by atoms with Crippen LogP contribution < -0.4 is 9.80 Å². The van der Waals surface area contributed by atoms with Crippen molar-refractivity contribution in [3.05, 3.63) is 52.2 Å². The van der Waals surface area contributed by atoms with Crippen molar-refractivity contribution in [1.29, 1.82) is 0 Å². The van der Waals surface area contributed by atoms with E-state index in [1.165, 1.54) is 14.0 Å². The molecule has 1 aromatic carbocycles. The van der Waals surface area contributed by atoms with Crippen LogP contribution >= 0.6 is 11.6 Å². The summed E-state index contributed by atoms with van der Waals surface area (Å²) in [5, 5.41) is 8.58. The lowest BCUT2D eigenvalue weighted by molar-refractivity contribution is -0.141. The third-order valence-electron chi connectivity index (χ3n) is 5.20. The molecule has 32 heavy (non-hydrogen) atoms. The summed E-state index contributed by atoms with van der Waals surface area (Å²) in [6, 6.07) is 2.14. The van der Waals surface area contributed by atoms with Crippen molar-refractivity contribution < 1.29 is 36.6 Å². The van der Waals surface area contributed by atoms with Gasteiger partial charge in [0, 0.05) is 19.3 Å². The second-order valence-corrected chi connectivity index (χ2v) is 7.76. The van der Waals surface area contributed by atoms with Crippen molar-refractivity contribution in [3.8, 4) is 0 Å². The first-order chi connectivity index (χ1) is 14.8. The Morgan fingerprint density at radius 3 is 2.50 bits per heavy atom. The maximum atomic E-state index is 14.4. The number of aromatic nitrogens is 1. The zero-order valence-corrected chi connectivity index (χ0v) is 17.5. The monoisotopic (exact) mass is 477 g/mol. The minimum absolute atomic E-state index is 0.0181. The van der Waals surface area contributed by atoms with E-state index < -0.39 is 52.2 Å². The standard InChI is InChI=1S/C20H17ClF5N3O3/c1-9-5-11(20(24,25)26)7-15(27-9)29-8-10(19(31)32)6-14(29)18(30)28(2)13-4-3-12(22)16(21)17(13)23/h3-5,7,10,14H,6,8H2,1-2H3,(H,31,32). The van der Waals surface area contributed by atoms with Gasteiger partial charge in [-0.15, -0.1) is 0 Å². The summed E-state index contributed by atoms with van der Waals surface area (Å²) in [5.41, 5.74) is -1.35. The molecule has 6 nitrogen and oxygen atoms in total. The molecule has 1 N–H and O–H groups in total. The first-order valence-corrected chi connectivity index (χ1v) is 9.65. The van der Waals surface area contributed by atoms with Crippen LogP contribution in [0.4, 0.5) is 33.5 Å². The van der Waals surface area contributed by atoms with Crippen molar-refractivity contribution in [2.24, 2.45) is 5.92 Å². The topological polar surface area (TPSA) is 73.7 Å². The van der Waals surface area contributed by atoms with Gasteiger partial charge >= 0.3 is 12.1 Å². The fraction of sp³-hybridized carbons (Fsp3) is 0.350. The molecule has 2 aromatic rings. The predicted molar refractivity (Wildman–Crippen MR) is 106 cm³/mol. The fourth-order valence-electron chi connectivity index (χ4n) is 3.58. The molecule has 3 rings (SSSR count). The number of carboxylic acids is 1. The largest absolute Gasteiger partial charge is 0.481 e. The summed E-state index contributed by atoms with van der Waals surface area (Å²) < 4.78 is 67.7. The number of carbonyl (C=O) groups excluding carboxylic acids is 1. The lowest BCUT2D eigenvalue weighted by atomic mass is 10.1. The van der Waals surface area contributed by atoms with Crippen molar-refractivity contribution in [3.63, 3.8) is 0 Å². The molecule has 2 heterocycles. The number of alkyl halides is 3. The molecule has 2 unspecified atom stereocenters. The van der Waals surface area contributed by atoms with Crippen molar-refractivity contribution in [2.45, 2.75) is 25.6 Å². The second kappa shape index (κ2) is 8.53. The molecule has 1 aliphatic heterocycles. The van der Waals surface area contributed by atoms with Gasteiger partial charge in [-0.2, -0.15) is 13.2 Å². The zero-order valence-electron chi connectivity index (χ0n) is 16.8. The molecule has 0 spiro atoms. The molecule has 1 saturated heterocycles. The summed E-state index contributed by atoms with van der Waals surface area (Å²) in [7, 11) is 1.17. The zero-order chi connectivity index (χ0) is 24.0. The summed E-state index contributed by atoms with van der Waals surface area (Å²) in [6.07, 6.45) is -4.93. The van der Waals surface area contributed by atoms with Crippen molar-refractivity contribution in [2.75, 3.05) is 23.4 Å². The van der Waals surface area contributed by atoms with E-state index in [0.29, 0.717) is 0 Å². The van der Waals surface area contributed by atoms with Crippen LogP contribution in [0.25, 0.3) is 0 Å². The average Bonchev–Trinajstić information content (AvgIpc) is 3.16. The summed E-state index contributed by atoms with van der Waals surface area (Å²) in [5.74, 6) is -5.60. The summed E-state index contributed by atoms with van der Waals surface area (Å²) in [6.45, 7) is 1.06. The Balaban J connectivity index is 2.02. The SMILES string of the molecule is Cc1cc(C(F)(F)F)cc(N2CC(C(=O)O)CC2C(=O)N(C)c2ccc(F)c(Cl)c2F)n1. The van der Waals surface area contributed by atoms with E-state index in [2.05, 4.69) is 4.98 Å². The van der Waals surface area contributed by atoms with Gasteiger partial charge in [-0.25, -0.2) is 13.8 Å². The highest BCUT2D eigenvalue weighted by Crippen LogP contribution is 2.36. The van der Waals surface area contributed by atoms with Crippen LogP contribution in [0.1, 0.15) is 17.7 Å². The number of aliphatic carboxylic acids is 1. The number of benzene rings is 1. The molecule has 0 bridgehead atoms. The highest BCUT2D eigenvalue weighted by Gasteiger charge is 2.43. The van der Waals surface area contributed by atoms with Gasteiger partial charge in [0.15, 0.2) is 5.82 Å². The van der Waals surface area contributed by atoms with E-state index in [0.717, 1.165) is 34.1 Å². The van der Waals surface area contributed by atoms with Crippen molar-refractivity contribution in [1.82, 2.24) is 4.98 Å². The number of carbonyl (C=O) groups is 2. The Morgan fingerprint density at radius 1 is 1.25 bits per heavy atom. The van der Waals surface area contributed by atoms with Crippen molar-refractivity contribution >= 4 is 35.0 Å². The molecular weight excluding hydrogens is 461 g/mol. The highest BCUT2D eigenvalue weighted by atomic mass is 35.5. The lowest BCUT2D eigenvalue weighted by Crippen LogP contribution is -2.45. The Bertz CT molecular complexity index is 1080. The minimum Gasteiger partial charge on any atom is -0.481 e. The van der Waals surface area contributed by atoms with Gasteiger partial charge in [-0.1, -0.05) is 11.6 Å². The average molecular weight is 478 g/mol. The molecule has 172 valence electrons. The molecule has 1 aliphatic rings. The second-order valence-electron chi connectivity index (χ2n) is 7.38. The number of nitrogens with zero attached hydrogens (tertiary/aromatic N) is 3. The molecule has 12 heteroatoms. The van der Waals surface area contributed by atoms with Gasteiger partial charge in [0.1, 0.15) is 22.7 Å². The molecule has 1 fully saturated rings. The molecule has 0 saturated carbocycles. The molecule has 2 atom stereocenters. The number of amides is 1. The summed E-state index contributed by atoms with van der Waals surface area (Å²) >= 11 is 5.57. The lowest BCUT2D eigenvalue weighted by Gasteiger charge is -2.29. The number of hydrogen-bond donors (Lipinski definition) is 1. The minimum atomic E-state index is -4.68. The molecular formula is C20H17ClF5N3O3. The number of halogens is 6. The highest BCUT2D eigenvalue weighted by molar-refractivity contribution is 6.31. The van der Waals surface area contributed by atoms with E-state index in [1.807, 2.05) is 0 Å². The number of rotatable bonds is 4. The van der Waals surface area contributed by atoms with Crippen LogP contribution in [0.2, 0.25) is 5.02 Å². The van der Waals surface area contributed by atoms with Gasteiger partial charge in [-0.3, -0.25) is 9.59 Å². The number of pyridine rings is 1. The first-order valence-electron chi connectivity index (χ1n) is 9.27. The summed E-state index contributed by atoms with van der Waals surface area (Å²) in [4.78, 5) is 30.7. The maximum absolute atomic E-state index is 14.4. The third kappa shape index (κ3) is 4.47. The van der Waals surface area contributed by atoms with Crippen LogP contribution in [-0.4, -0.2) is 41.6 Å². The van der Waals surface area contributed by atoms with Crippen LogP contribution in [0.3, 0.4) is 0 Å². The quantitative estimate of drug-likeness (QED) is 0.525. The van der Waals surface area contributed by atoms with E-state index in [-0.39, 0.29) is 30.2 Å². The molecule has 0 aliphatic carbocycles. The van der Waals surface area contributed by atoms with Crippen LogP contribution in [-0.2, 0) is 15.8 Å². The van der Waals surface area contributed by atoms with E-state index in [1.54, 1.807) is 0 Å². The smallest absolute Gasteiger partial charge is 0.416 e. The van der Waals surface area contributed by atoms with Gasteiger partial charge < -0.3 is 14.9 Å². The Kier molecular flexibility index (Phi) is 6.32. The van der Waals surface area contributed by atoms with E-state index in [9.17, 15) is 36.6 Å². The van der Waals surface area contributed by atoms with E-state index in [4.69, 9.17) is 11.6 Å². The fourth-order valence-corrected chi connectivity index (χ4v) is 3.74. The maximum Gasteiger partial charge on any atom is 0.416 e. The van der Waals surface area contributed by atoms with Crippen LogP contribution in [0.5, 0.6) is 0 Å². The Labute approximate surface area is 184 Å². The Morgan fingerprint density at radius 2 is 1.91 bits per heavy atom. The molecule has 1 amide bonds. The van der Waals surface area contributed by atoms with Gasteiger partial charge in [0.2, 0.25) is 5.91 Å². The van der Waals surface area contributed by atoms with Crippen LogP contribution in [0, 0.1) is 24.5 Å². The molecule has 0 radical (unpaired) electrons. The third-order valence-corrected chi connectivity index (χ3v) is 5.55. The predicted octanol–water partition coefficient (Wildman–Crippen LogP) is 4.28. The number of anilines is 2. The first kappa shape index (κ1) is 23.7. The molecule has 1 aromatic heterocycles. The van der Waals surface area contributed by atoms with Gasteiger partial charge in [-0.05, 0) is 37.6 Å². The Hall–Kier alpha value is -2.95. The van der Waals surface area contributed by atoms with Gasteiger partial charge in [0.05, 0.1) is 17.2 Å². The number of hydrogen-bond acceptors (Lipinski definition) is 4.